The summed E-state index contributed by atoms with van der Waals surface area (Å²) in [7, 11) is 2.03. The van der Waals surface area contributed by atoms with Crippen molar-refractivity contribution >= 4 is 5.97 Å². The number of carboxylic acids is 1. The molecular weight excluding hydrogens is 218 g/mol. The molecule has 1 aliphatic rings. The first kappa shape index (κ1) is 14.5. The van der Waals surface area contributed by atoms with Gasteiger partial charge in [0.2, 0.25) is 0 Å². The van der Waals surface area contributed by atoms with Gasteiger partial charge in [0, 0.05) is 25.8 Å². The number of rotatable bonds is 6. The smallest absolute Gasteiger partial charge is 0.310 e. The molecule has 1 heterocycles. The Kier molecular flexibility index (Phi) is 5.40. The fourth-order valence-electron chi connectivity index (χ4n) is 2.61. The molecule has 17 heavy (non-hydrogen) atoms. The molecule has 0 aliphatic carbocycles. The fourth-order valence-corrected chi connectivity index (χ4v) is 2.61. The molecule has 1 rings (SSSR count). The topological polar surface area (TPSA) is 49.8 Å². The maximum atomic E-state index is 11.4. The lowest BCUT2D eigenvalue weighted by atomic mass is 9.84. The highest BCUT2D eigenvalue weighted by atomic mass is 16.5. The molecule has 1 fully saturated rings. The van der Waals surface area contributed by atoms with Crippen LogP contribution in [0.15, 0.2) is 0 Å². The van der Waals surface area contributed by atoms with Crippen molar-refractivity contribution in [3.05, 3.63) is 0 Å². The van der Waals surface area contributed by atoms with Crippen LogP contribution in [0.4, 0.5) is 0 Å². The Morgan fingerprint density at radius 3 is 2.53 bits per heavy atom. The molecule has 0 saturated carbocycles. The van der Waals surface area contributed by atoms with Crippen LogP contribution in [-0.2, 0) is 9.53 Å². The third kappa shape index (κ3) is 3.96. The van der Waals surface area contributed by atoms with E-state index in [9.17, 15) is 9.90 Å². The van der Waals surface area contributed by atoms with E-state index in [0.29, 0.717) is 12.6 Å². The molecule has 0 spiro atoms. The molecule has 4 nitrogen and oxygen atoms in total. The molecule has 0 radical (unpaired) electrons. The molecule has 4 heteroatoms. The number of hydrogen-bond donors (Lipinski definition) is 1. The first-order valence-electron chi connectivity index (χ1n) is 6.51. The molecular formula is C13H25NO3. The zero-order chi connectivity index (χ0) is 12.9. The predicted octanol–water partition coefficient (Wildman–Crippen LogP) is 1.99. The summed E-state index contributed by atoms with van der Waals surface area (Å²) in [5.41, 5.74) is -0.623. The molecule has 1 unspecified atom stereocenters. The third-order valence-corrected chi connectivity index (χ3v) is 3.73. The number of hydrogen-bond acceptors (Lipinski definition) is 3. The van der Waals surface area contributed by atoms with Crippen LogP contribution in [0, 0.1) is 5.41 Å². The van der Waals surface area contributed by atoms with Gasteiger partial charge in [0.05, 0.1) is 5.41 Å². The first-order chi connectivity index (χ1) is 7.99. The summed E-state index contributed by atoms with van der Waals surface area (Å²) in [5.74, 6) is -0.682. The Morgan fingerprint density at radius 2 is 2.06 bits per heavy atom. The Balaban J connectivity index is 2.56. The van der Waals surface area contributed by atoms with Crippen LogP contribution in [0.1, 0.15) is 39.5 Å². The highest BCUT2D eigenvalue weighted by Crippen LogP contribution is 2.26. The highest BCUT2D eigenvalue weighted by molar-refractivity contribution is 5.74. The lowest BCUT2D eigenvalue weighted by molar-refractivity contribution is -0.150. The second-order valence-electron chi connectivity index (χ2n) is 5.37. The van der Waals surface area contributed by atoms with E-state index in [1.165, 1.54) is 0 Å². The zero-order valence-electron chi connectivity index (χ0n) is 11.2. The van der Waals surface area contributed by atoms with Gasteiger partial charge in [0.15, 0.2) is 0 Å². The summed E-state index contributed by atoms with van der Waals surface area (Å²) in [4.78, 5) is 13.6. The Morgan fingerprint density at radius 1 is 1.47 bits per heavy atom. The SMILES string of the molecule is CCCC(C)(CN(C)C1CCOCC1)C(=O)O. The van der Waals surface area contributed by atoms with Crippen molar-refractivity contribution in [2.75, 3.05) is 26.8 Å². The summed E-state index contributed by atoms with van der Waals surface area (Å²) < 4.78 is 5.33. The van der Waals surface area contributed by atoms with Crippen LogP contribution in [0.2, 0.25) is 0 Å². The maximum Gasteiger partial charge on any atom is 0.310 e. The van der Waals surface area contributed by atoms with Crippen LogP contribution >= 0.6 is 0 Å². The van der Waals surface area contributed by atoms with E-state index in [1.54, 1.807) is 0 Å². The van der Waals surface area contributed by atoms with Gasteiger partial charge in [-0.2, -0.15) is 0 Å². The van der Waals surface area contributed by atoms with E-state index in [1.807, 2.05) is 20.9 Å². The number of nitrogens with zero attached hydrogens (tertiary/aromatic N) is 1. The van der Waals surface area contributed by atoms with Crippen molar-refractivity contribution in [2.45, 2.75) is 45.6 Å². The summed E-state index contributed by atoms with van der Waals surface area (Å²) >= 11 is 0. The molecule has 0 aromatic heterocycles. The summed E-state index contributed by atoms with van der Waals surface area (Å²) in [6.45, 7) is 6.12. The molecule has 0 amide bonds. The molecule has 0 aromatic rings. The fraction of sp³-hybridized carbons (Fsp3) is 0.923. The average Bonchev–Trinajstić information content (AvgIpc) is 2.30. The van der Waals surface area contributed by atoms with Crippen molar-refractivity contribution in [3.63, 3.8) is 0 Å². The van der Waals surface area contributed by atoms with Crippen molar-refractivity contribution < 1.29 is 14.6 Å². The predicted molar refractivity (Wildman–Crippen MR) is 67.1 cm³/mol. The Bertz CT molecular complexity index is 251. The number of aliphatic carboxylic acids is 1. The van der Waals surface area contributed by atoms with Gasteiger partial charge in [-0.25, -0.2) is 0 Å². The van der Waals surface area contributed by atoms with Crippen molar-refractivity contribution in [1.29, 1.82) is 0 Å². The Hall–Kier alpha value is -0.610. The van der Waals surface area contributed by atoms with Crippen LogP contribution in [0.3, 0.4) is 0 Å². The standard InChI is InChI=1S/C13H25NO3/c1-4-7-13(2,12(15)16)10-14(3)11-5-8-17-9-6-11/h11H,4-10H2,1-3H3,(H,15,16). The van der Waals surface area contributed by atoms with Crippen molar-refractivity contribution in [3.8, 4) is 0 Å². The summed E-state index contributed by atoms with van der Waals surface area (Å²) in [6.07, 6.45) is 3.66. The van der Waals surface area contributed by atoms with Crippen molar-refractivity contribution in [2.24, 2.45) is 5.41 Å². The van der Waals surface area contributed by atoms with Gasteiger partial charge in [0.1, 0.15) is 0 Å². The maximum absolute atomic E-state index is 11.4. The molecule has 1 aliphatic heterocycles. The molecule has 1 saturated heterocycles. The van der Waals surface area contributed by atoms with Crippen LogP contribution < -0.4 is 0 Å². The molecule has 100 valence electrons. The molecule has 0 aromatic carbocycles. The number of carboxylic acid groups (broad SMARTS) is 1. The van der Waals surface area contributed by atoms with E-state index < -0.39 is 11.4 Å². The van der Waals surface area contributed by atoms with E-state index in [-0.39, 0.29) is 0 Å². The summed E-state index contributed by atoms with van der Waals surface area (Å²) in [5, 5.41) is 9.36. The second kappa shape index (κ2) is 6.36. The lowest BCUT2D eigenvalue weighted by Crippen LogP contribution is -2.45. The molecule has 1 atom stereocenters. The van der Waals surface area contributed by atoms with Crippen molar-refractivity contribution in [1.82, 2.24) is 4.90 Å². The quantitative estimate of drug-likeness (QED) is 0.775. The molecule has 0 bridgehead atoms. The summed E-state index contributed by atoms with van der Waals surface area (Å²) in [6, 6.07) is 0.472. The minimum atomic E-state index is -0.682. The Labute approximate surface area is 104 Å². The van der Waals surface area contributed by atoms with Gasteiger partial charge in [-0.05, 0) is 33.2 Å². The first-order valence-corrected chi connectivity index (χ1v) is 6.51. The van der Waals surface area contributed by atoms with Gasteiger partial charge >= 0.3 is 5.97 Å². The highest BCUT2D eigenvalue weighted by Gasteiger charge is 2.35. The lowest BCUT2D eigenvalue weighted by Gasteiger charge is -2.36. The van der Waals surface area contributed by atoms with Crippen LogP contribution in [0.5, 0.6) is 0 Å². The van der Waals surface area contributed by atoms with Gasteiger partial charge in [-0.15, -0.1) is 0 Å². The van der Waals surface area contributed by atoms with Gasteiger partial charge < -0.3 is 14.7 Å². The van der Waals surface area contributed by atoms with E-state index >= 15 is 0 Å². The van der Waals surface area contributed by atoms with Gasteiger partial charge in [-0.3, -0.25) is 4.79 Å². The number of carbonyl (C=O) groups is 1. The minimum Gasteiger partial charge on any atom is -0.481 e. The van der Waals surface area contributed by atoms with Gasteiger partial charge in [0.25, 0.3) is 0 Å². The molecule has 1 N–H and O–H groups in total. The monoisotopic (exact) mass is 243 g/mol. The third-order valence-electron chi connectivity index (χ3n) is 3.73. The normalized spacial score (nSPS) is 21.4. The second-order valence-corrected chi connectivity index (χ2v) is 5.37. The minimum absolute atomic E-state index is 0.472. The van der Waals surface area contributed by atoms with Crippen LogP contribution in [0.25, 0.3) is 0 Å². The zero-order valence-corrected chi connectivity index (χ0v) is 11.2. The largest absolute Gasteiger partial charge is 0.481 e. The van der Waals surface area contributed by atoms with E-state index in [4.69, 9.17) is 4.74 Å². The average molecular weight is 243 g/mol. The van der Waals surface area contributed by atoms with Gasteiger partial charge in [-0.1, -0.05) is 13.3 Å². The van der Waals surface area contributed by atoms with E-state index in [2.05, 4.69) is 4.90 Å². The number of ether oxygens (including phenoxy) is 1. The van der Waals surface area contributed by atoms with E-state index in [0.717, 1.165) is 38.9 Å². The van der Waals surface area contributed by atoms with Crippen LogP contribution in [-0.4, -0.2) is 48.8 Å².